The van der Waals surface area contributed by atoms with Crippen molar-refractivity contribution in [2.24, 2.45) is 7.05 Å². The van der Waals surface area contributed by atoms with Crippen LogP contribution >= 0.6 is 11.3 Å². The van der Waals surface area contributed by atoms with Crippen molar-refractivity contribution in [1.82, 2.24) is 24.5 Å². The van der Waals surface area contributed by atoms with Gasteiger partial charge in [-0.2, -0.15) is 13.2 Å². The van der Waals surface area contributed by atoms with E-state index in [2.05, 4.69) is 21.0 Å². The first-order valence-corrected chi connectivity index (χ1v) is 12.6. The third-order valence-electron chi connectivity index (χ3n) is 6.48. The fourth-order valence-electron chi connectivity index (χ4n) is 4.52. The van der Waals surface area contributed by atoms with Crippen molar-refractivity contribution in [3.05, 3.63) is 77.5 Å². The Bertz CT molecular complexity index is 1600. The quantitative estimate of drug-likeness (QED) is 0.250. The van der Waals surface area contributed by atoms with E-state index in [1.165, 1.54) is 4.57 Å². The first kappa shape index (κ1) is 23.6. The van der Waals surface area contributed by atoms with Crippen LogP contribution in [0.1, 0.15) is 41.3 Å². The predicted octanol–water partition coefficient (Wildman–Crippen LogP) is 6.65. The van der Waals surface area contributed by atoms with Gasteiger partial charge in [0.15, 0.2) is 5.69 Å². The average molecular weight is 522 g/mol. The van der Waals surface area contributed by atoms with Gasteiger partial charge in [0.05, 0.1) is 28.6 Å². The molecule has 1 fully saturated rings. The normalized spacial score (nSPS) is 13.9. The number of rotatable bonds is 6. The summed E-state index contributed by atoms with van der Waals surface area (Å²) in [5, 5.41) is 0.840. The highest BCUT2D eigenvalue weighted by Crippen LogP contribution is 2.47. The molecule has 0 radical (unpaired) electrons. The third-order valence-corrected chi connectivity index (χ3v) is 7.65. The molecule has 0 aliphatic heterocycles. The molecule has 0 amide bonds. The number of hydrogen-bond acceptors (Lipinski definition) is 6. The van der Waals surface area contributed by atoms with Crippen LogP contribution in [0.15, 0.2) is 55.0 Å². The molecule has 3 heterocycles. The van der Waals surface area contributed by atoms with E-state index in [9.17, 15) is 13.2 Å². The Morgan fingerprint density at radius 3 is 2.51 bits per heavy atom. The summed E-state index contributed by atoms with van der Waals surface area (Å²) in [6, 6.07) is 13.5. The van der Waals surface area contributed by atoms with Crippen LogP contribution in [0.2, 0.25) is 0 Å². The van der Waals surface area contributed by atoms with Crippen molar-refractivity contribution in [3.63, 3.8) is 0 Å². The SMILES string of the molecule is COc1ncnc(C2CC2)c1-c1nc2cccc(Cc3ccc(-c4nc(C(F)(F)F)cn4C)cc3)c2s1. The van der Waals surface area contributed by atoms with Gasteiger partial charge >= 0.3 is 6.18 Å². The standard InChI is InChI=1S/C27H22F3N5OS/c1-35-13-20(27(28,29)30)34-24(35)17-8-6-15(7-9-17)12-18-4-3-5-19-23(18)37-26(33-19)21-22(16-10-11-16)31-14-32-25(21)36-2/h3-9,13-14,16H,10-12H2,1-2H3. The zero-order valence-electron chi connectivity index (χ0n) is 20.1. The van der Waals surface area contributed by atoms with Crippen LogP contribution in [0.3, 0.4) is 0 Å². The number of methoxy groups -OCH3 is 1. The molecule has 188 valence electrons. The van der Waals surface area contributed by atoms with Gasteiger partial charge < -0.3 is 9.30 Å². The van der Waals surface area contributed by atoms with E-state index < -0.39 is 11.9 Å². The molecular formula is C27H22F3N5OS. The molecule has 0 bridgehead atoms. The van der Waals surface area contributed by atoms with E-state index in [1.54, 1.807) is 31.8 Å². The number of nitrogens with zero attached hydrogens (tertiary/aromatic N) is 5. The molecule has 0 unspecified atom stereocenters. The Balaban J connectivity index is 1.32. The molecular weight excluding hydrogens is 499 g/mol. The number of aryl methyl sites for hydroxylation is 1. The third kappa shape index (κ3) is 4.46. The minimum atomic E-state index is -4.47. The van der Waals surface area contributed by atoms with Gasteiger partial charge in [-0.1, -0.05) is 36.4 Å². The fraction of sp³-hybridized carbons (Fsp3) is 0.259. The maximum absolute atomic E-state index is 13.1. The van der Waals surface area contributed by atoms with Gasteiger partial charge in [-0.15, -0.1) is 11.3 Å². The monoisotopic (exact) mass is 521 g/mol. The molecule has 0 spiro atoms. The van der Waals surface area contributed by atoms with Crippen LogP contribution in [0.5, 0.6) is 5.88 Å². The van der Waals surface area contributed by atoms with Gasteiger partial charge in [0.2, 0.25) is 5.88 Å². The molecule has 10 heteroatoms. The lowest BCUT2D eigenvalue weighted by Gasteiger charge is -2.08. The van der Waals surface area contributed by atoms with E-state index in [1.807, 2.05) is 36.4 Å². The molecule has 0 N–H and O–H groups in total. The highest BCUT2D eigenvalue weighted by atomic mass is 32.1. The van der Waals surface area contributed by atoms with Gasteiger partial charge in [-0.3, -0.25) is 0 Å². The molecule has 2 aromatic carbocycles. The lowest BCUT2D eigenvalue weighted by atomic mass is 10.0. The second-order valence-electron chi connectivity index (χ2n) is 9.13. The topological polar surface area (TPSA) is 65.7 Å². The molecule has 0 saturated heterocycles. The zero-order valence-corrected chi connectivity index (χ0v) is 20.9. The number of fused-ring (bicyclic) bond motifs is 1. The number of aromatic nitrogens is 5. The van der Waals surface area contributed by atoms with Gasteiger partial charge in [0, 0.05) is 24.7 Å². The summed E-state index contributed by atoms with van der Waals surface area (Å²) >= 11 is 1.60. The Labute approximate surface area is 214 Å². The summed E-state index contributed by atoms with van der Waals surface area (Å²) in [6.45, 7) is 0. The second-order valence-corrected chi connectivity index (χ2v) is 10.1. The van der Waals surface area contributed by atoms with E-state index in [0.29, 0.717) is 23.8 Å². The minimum absolute atomic E-state index is 0.276. The zero-order chi connectivity index (χ0) is 25.7. The van der Waals surface area contributed by atoms with Crippen LogP contribution in [0.4, 0.5) is 13.2 Å². The summed E-state index contributed by atoms with van der Waals surface area (Å²) in [4.78, 5) is 17.6. The Hall–Kier alpha value is -3.79. The summed E-state index contributed by atoms with van der Waals surface area (Å²) in [5.74, 6) is 1.23. The molecule has 1 aliphatic carbocycles. The number of hydrogen-bond donors (Lipinski definition) is 0. The molecule has 6 rings (SSSR count). The van der Waals surface area contributed by atoms with Gasteiger partial charge in [-0.25, -0.2) is 19.9 Å². The number of alkyl halides is 3. The van der Waals surface area contributed by atoms with E-state index in [0.717, 1.165) is 56.6 Å². The van der Waals surface area contributed by atoms with Crippen molar-refractivity contribution in [2.75, 3.05) is 7.11 Å². The summed E-state index contributed by atoms with van der Waals surface area (Å²) < 4.78 is 47.2. The molecule has 0 atom stereocenters. The van der Waals surface area contributed by atoms with Crippen molar-refractivity contribution < 1.29 is 17.9 Å². The van der Waals surface area contributed by atoms with Crippen molar-refractivity contribution in [1.29, 1.82) is 0 Å². The molecule has 6 nitrogen and oxygen atoms in total. The van der Waals surface area contributed by atoms with E-state index in [-0.39, 0.29) is 5.82 Å². The second kappa shape index (κ2) is 8.95. The lowest BCUT2D eigenvalue weighted by molar-refractivity contribution is -0.140. The largest absolute Gasteiger partial charge is 0.480 e. The summed E-state index contributed by atoms with van der Waals surface area (Å²) in [7, 11) is 3.18. The van der Waals surface area contributed by atoms with E-state index in [4.69, 9.17) is 9.72 Å². The first-order valence-electron chi connectivity index (χ1n) is 11.8. The average Bonchev–Trinajstić information content (AvgIpc) is 3.51. The molecule has 3 aromatic heterocycles. The van der Waals surface area contributed by atoms with Crippen LogP contribution in [-0.4, -0.2) is 31.6 Å². The number of thiazole rings is 1. The molecule has 37 heavy (non-hydrogen) atoms. The number of benzene rings is 2. The Kier molecular flexibility index (Phi) is 5.71. The highest BCUT2D eigenvalue weighted by molar-refractivity contribution is 7.21. The van der Waals surface area contributed by atoms with Crippen LogP contribution in [0, 0.1) is 0 Å². The van der Waals surface area contributed by atoms with Crippen LogP contribution in [-0.2, 0) is 19.6 Å². The molecule has 1 saturated carbocycles. The lowest BCUT2D eigenvalue weighted by Crippen LogP contribution is -2.04. The maximum Gasteiger partial charge on any atom is 0.434 e. The van der Waals surface area contributed by atoms with Gasteiger partial charge in [-0.05, 0) is 36.5 Å². The van der Waals surface area contributed by atoms with Crippen LogP contribution in [0.25, 0.3) is 32.2 Å². The number of imidazole rings is 1. The Morgan fingerprint density at radius 1 is 1.05 bits per heavy atom. The minimum Gasteiger partial charge on any atom is -0.480 e. The number of ether oxygens (including phenoxy) is 1. The van der Waals surface area contributed by atoms with Crippen molar-refractivity contribution in [2.45, 2.75) is 31.4 Å². The maximum atomic E-state index is 13.1. The van der Waals surface area contributed by atoms with Gasteiger partial charge in [0.1, 0.15) is 17.2 Å². The smallest absolute Gasteiger partial charge is 0.434 e. The summed E-state index contributed by atoms with van der Waals surface area (Å²) in [6.07, 6.45) is 0.952. The van der Waals surface area contributed by atoms with Crippen molar-refractivity contribution in [3.8, 4) is 27.8 Å². The molecule has 5 aromatic rings. The summed E-state index contributed by atoms with van der Waals surface area (Å²) in [5.41, 5.74) is 4.65. The Morgan fingerprint density at radius 2 is 1.84 bits per heavy atom. The van der Waals surface area contributed by atoms with Crippen molar-refractivity contribution >= 4 is 21.6 Å². The van der Waals surface area contributed by atoms with E-state index >= 15 is 0 Å². The van der Waals surface area contributed by atoms with Crippen LogP contribution < -0.4 is 4.74 Å². The number of halogens is 3. The predicted molar refractivity (Wildman–Crippen MR) is 136 cm³/mol. The fourth-order valence-corrected chi connectivity index (χ4v) is 5.64. The molecule has 1 aliphatic rings. The highest BCUT2D eigenvalue weighted by Gasteiger charge is 2.34. The van der Waals surface area contributed by atoms with Gasteiger partial charge in [0.25, 0.3) is 0 Å². The first-order chi connectivity index (χ1) is 17.8.